The van der Waals surface area contributed by atoms with E-state index in [1.807, 2.05) is 0 Å². The normalized spacial score (nSPS) is 11.9. The van der Waals surface area contributed by atoms with Crippen LogP contribution < -0.4 is 10.3 Å². The standard InChI is InChI=1S/C28H28Cl2F3NO4/c1-27(2,3)38-26(36)19-8-5-17(6-9-19)11-12-34-24(22(29)16-23(30)25(34)35)10-7-18-13-20(28(31,32)33)15-21(14-18)37-4/h5-6,8-9,13-16H,7,10-12H2,1-4H3. The van der Waals surface area contributed by atoms with Gasteiger partial charge in [-0.25, -0.2) is 4.79 Å². The molecule has 0 bridgehead atoms. The molecule has 2 aromatic carbocycles. The van der Waals surface area contributed by atoms with Gasteiger partial charge < -0.3 is 14.0 Å². The number of halogens is 5. The van der Waals surface area contributed by atoms with Gasteiger partial charge in [-0.2, -0.15) is 13.2 Å². The second-order valence-corrected chi connectivity index (χ2v) is 10.6. The molecule has 1 heterocycles. The zero-order valence-electron chi connectivity index (χ0n) is 21.4. The number of alkyl halides is 3. The van der Waals surface area contributed by atoms with E-state index in [4.69, 9.17) is 32.7 Å². The summed E-state index contributed by atoms with van der Waals surface area (Å²) < 4.78 is 51.8. The number of methoxy groups -OCH3 is 1. The van der Waals surface area contributed by atoms with Crippen molar-refractivity contribution >= 4 is 29.2 Å². The van der Waals surface area contributed by atoms with Crippen LogP contribution in [0.4, 0.5) is 13.2 Å². The fourth-order valence-electron chi connectivity index (χ4n) is 3.86. The maximum absolute atomic E-state index is 13.3. The van der Waals surface area contributed by atoms with Gasteiger partial charge in [0.25, 0.3) is 5.56 Å². The second-order valence-electron chi connectivity index (χ2n) is 9.76. The zero-order chi connectivity index (χ0) is 28.3. The number of hydrogen-bond acceptors (Lipinski definition) is 4. The Morgan fingerprint density at radius 1 is 0.895 bits per heavy atom. The van der Waals surface area contributed by atoms with Gasteiger partial charge in [0.15, 0.2) is 0 Å². The molecule has 0 saturated heterocycles. The van der Waals surface area contributed by atoms with Gasteiger partial charge >= 0.3 is 12.1 Å². The van der Waals surface area contributed by atoms with Crippen LogP contribution in [-0.2, 0) is 36.7 Å². The average Bonchev–Trinajstić information content (AvgIpc) is 2.83. The van der Waals surface area contributed by atoms with E-state index in [-0.39, 0.29) is 35.2 Å². The first-order valence-electron chi connectivity index (χ1n) is 11.8. The van der Waals surface area contributed by atoms with Crippen molar-refractivity contribution in [1.82, 2.24) is 4.57 Å². The SMILES string of the molecule is COc1cc(CCc2c(Cl)cc(Cl)c(=O)n2CCc2ccc(C(=O)OC(C)(C)C)cc2)cc(C(F)(F)F)c1. The lowest BCUT2D eigenvalue weighted by Gasteiger charge is -2.19. The molecule has 0 atom stereocenters. The van der Waals surface area contributed by atoms with Gasteiger partial charge in [-0.05, 0) is 87.6 Å². The van der Waals surface area contributed by atoms with Gasteiger partial charge in [0.05, 0.1) is 23.3 Å². The number of ether oxygens (including phenoxy) is 2. The lowest BCUT2D eigenvalue weighted by Crippen LogP contribution is -2.26. The Balaban J connectivity index is 1.81. The van der Waals surface area contributed by atoms with Gasteiger partial charge in [-0.3, -0.25) is 4.79 Å². The Labute approximate surface area is 229 Å². The van der Waals surface area contributed by atoms with Gasteiger partial charge in [0.2, 0.25) is 0 Å². The summed E-state index contributed by atoms with van der Waals surface area (Å²) in [5.74, 6) is -0.348. The van der Waals surface area contributed by atoms with E-state index in [2.05, 4.69) is 0 Å². The predicted molar refractivity (Wildman–Crippen MR) is 141 cm³/mol. The molecule has 0 fully saturated rings. The molecule has 0 N–H and O–H groups in total. The summed E-state index contributed by atoms with van der Waals surface area (Å²) in [5.41, 5.74) is 0.234. The van der Waals surface area contributed by atoms with Gasteiger partial charge in [0, 0.05) is 12.2 Å². The first-order chi connectivity index (χ1) is 17.7. The summed E-state index contributed by atoms with van der Waals surface area (Å²) >= 11 is 12.5. The van der Waals surface area contributed by atoms with Crippen molar-refractivity contribution in [2.24, 2.45) is 0 Å². The van der Waals surface area contributed by atoms with Crippen molar-refractivity contribution < 1.29 is 27.4 Å². The van der Waals surface area contributed by atoms with Gasteiger partial charge in [-0.15, -0.1) is 0 Å². The van der Waals surface area contributed by atoms with Crippen LogP contribution in [0, 0.1) is 0 Å². The second kappa shape index (κ2) is 11.8. The smallest absolute Gasteiger partial charge is 0.416 e. The van der Waals surface area contributed by atoms with Crippen molar-refractivity contribution in [3.63, 3.8) is 0 Å². The van der Waals surface area contributed by atoms with E-state index in [1.165, 1.54) is 23.8 Å². The van der Waals surface area contributed by atoms with Crippen LogP contribution in [0.1, 0.15) is 53.5 Å². The molecular formula is C28H28Cl2F3NO4. The number of rotatable bonds is 8. The maximum Gasteiger partial charge on any atom is 0.416 e. The molecule has 0 amide bonds. The number of hydrogen-bond donors (Lipinski definition) is 0. The molecule has 1 aromatic heterocycles. The van der Waals surface area contributed by atoms with Crippen LogP contribution in [0.3, 0.4) is 0 Å². The van der Waals surface area contributed by atoms with Crippen LogP contribution >= 0.6 is 23.2 Å². The van der Waals surface area contributed by atoms with E-state index in [0.717, 1.165) is 17.7 Å². The molecular weight excluding hydrogens is 542 g/mol. The zero-order valence-corrected chi connectivity index (χ0v) is 22.9. The third-order valence-electron chi connectivity index (χ3n) is 5.70. The number of carbonyl (C=O) groups is 1. The highest BCUT2D eigenvalue weighted by Crippen LogP contribution is 2.33. The molecule has 204 valence electrons. The maximum atomic E-state index is 13.3. The molecule has 0 aliphatic heterocycles. The highest BCUT2D eigenvalue weighted by atomic mass is 35.5. The van der Waals surface area contributed by atoms with Crippen LogP contribution in [0.5, 0.6) is 5.75 Å². The van der Waals surface area contributed by atoms with E-state index < -0.39 is 28.9 Å². The Bertz CT molecular complexity index is 1360. The van der Waals surface area contributed by atoms with E-state index in [1.54, 1.807) is 45.0 Å². The van der Waals surface area contributed by atoms with E-state index in [0.29, 0.717) is 23.2 Å². The van der Waals surface area contributed by atoms with E-state index >= 15 is 0 Å². The third-order valence-corrected chi connectivity index (χ3v) is 6.29. The third kappa shape index (κ3) is 7.77. The Kier molecular flexibility index (Phi) is 9.21. The Morgan fingerprint density at radius 2 is 1.55 bits per heavy atom. The molecule has 10 heteroatoms. The molecule has 3 aromatic rings. The fourth-order valence-corrected chi connectivity index (χ4v) is 4.43. The van der Waals surface area contributed by atoms with Crippen LogP contribution in [0.15, 0.2) is 53.3 Å². The number of esters is 1. The Hall–Kier alpha value is -2.97. The summed E-state index contributed by atoms with van der Waals surface area (Å²) in [6.45, 7) is 5.59. The van der Waals surface area contributed by atoms with E-state index in [9.17, 15) is 22.8 Å². The number of benzene rings is 2. The first-order valence-corrected chi connectivity index (χ1v) is 12.6. The minimum atomic E-state index is -4.53. The van der Waals surface area contributed by atoms with Crippen molar-refractivity contribution in [2.45, 2.75) is 58.4 Å². The number of aromatic nitrogens is 1. The summed E-state index contributed by atoms with van der Waals surface area (Å²) in [4.78, 5) is 25.1. The monoisotopic (exact) mass is 569 g/mol. The number of nitrogens with zero attached hydrogens (tertiary/aromatic N) is 1. The minimum absolute atomic E-state index is 0.0558. The number of aryl methyl sites for hydroxylation is 2. The molecule has 5 nitrogen and oxygen atoms in total. The van der Waals surface area contributed by atoms with Crippen molar-refractivity contribution in [3.8, 4) is 5.75 Å². The van der Waals surface area contributed by atoms with Gasteiger partial charge in [0.1, 0.15) is 16.4 Å². The van der Waals surface area contributed by atoms with Crippen LogP contribution in [0.25, 0.3) is 0 Å². The molecule has 0 aliphatic carbocycles. The first kappa shape index (κ1) is 29.6. The quantitative estimate of drug-likeness (QED) is 0.270. The lowest BCUT2D eigenvalue weighted by molar-refractivity contribution is -0.137. The molecule has 0 radical (unpaired) electrons. The molecule has 3 rings (SSSR count). The summed E-state index contributed by atoms with van der Waals surface area (Å²) in [6, 6.07) is 11.7. The van der Waals surface area contributed by atoms with Crippen molar-refractivity contribution in [2.75, 3.05) is 7.11 Å². The summed E-state index contributed by atoms with van der Waals surface area (Å²) in [7, 11) is 1.30. The lowest BCUT2D eigenvalue weighted by atomic mass is 10.0. The predicted octanol–water partition coefficient (Wildman–Crippen LogP) is 7.17. The number of pyridine rings is 1. The number of carbonyl (C=O) groups excluding carboxylic acids is 1. The molecule has 0 saturated carbocycles. The minimum Gasteiger partial charge on any atom is -0.497 e. The van der Waals surface area contributed by atoms with Crippen LogP contribution in [0.2, 0.25) is 10.0 Å². The molecule has 0 spiro atoms. The Morgan fingerprint density at radius 3 is 2.13 bits per heavy atom. The highest BCUT2D eigenvalue weighted by Gasteiger charge is 2.31. The van der Waals surface area contributed by atoms with Crippen molar-refractivity contribution in [1.29, 1.82) is 0 Å². The molecule has 0 unspecified atom stereocenters. The highest BCUT2D eigenvalue weighted by molar-refractivity contribution is 6.34. The largest absolute Gasteiger partial charge is 0.497 e. The fraction of sp³-hybridized carbons (Fsp3) is 0.357. The van der Waals surface area contributed by atoms with Crippen molar-refractivity contribution in [3.05, 3.63) is 96.9 Å². The summed E-state index contributed by atoms with van der Waals surface area (Å²) in [5, 5.41) is 0.188. The van der Waals surface area contributed by atoms with Gasteiger partial charge in [-0.1, -0.05) is 35.3 Å². The average molecular weight is 570 g/mol. The molecule has 0 aliphatic rings. The molecule has 38 heavy (non-hydrogen) atoms. The summed E-state index contributed by atoms with van der Waals surface area (Å²) in [6.07, 6.45) is -3.71. The topological polar surface area (TPSA) is 57.5 Å². The van der Waals surface area contributed by atoms with Crippen LogP contribution in [-0.4, -0.2) is 23.2 Å².